The molecule has 1 aromatic heterocycles. The zero-order chi connectivity index (χ0) is 14.9. The van der Waals surface area contributed by atoms with Crippen LogP contribution in [0.15, 0.2) is 41.4 Å². The number of benzene rings is 1. The second-order valence-electron chi connectivity index (χ2n) is 4.97. The normalized spacial score (nSPS) is 20.5. The number of imidazole rings is 1. The third kappa shape index (κ3) is 2.72. The van der Waals surface area contributed by atoms with E-state index in [4.69, 9.17) is 4.74 Å². The number of H-pyrrole nitrogens is 1. The fraction of sp³-hybridized carbons (Fsp3) is 0.357. The molecule has 0 unspecified atom stereocenters. The van der Waals surface area contributed by atoms with Gasteiger partial charge in [-0.2, -0.15) is 4.31 Å². The van der Waals surface area contributed by atoms with Crippen molar-refractivity contribution in [3.8, 4) is 0 Å². The molecule has 0 spiro atoms. The number of hydrogen-bond acceptors (Lipinski definition) is 4. The van der Waals surface area contributed by atoms with Crippen LogP contribution < -0.4 is 0 Å². The lowest BCUT2D eigenvalue weighted by atomic mass is 10.2. The average molecular weight is 307 g/mol. The van der Waals surface area contributed by atoms with Crippen LogP contribution in [0.4, 0.5) is 0 Å². The van der Waals surface area contributed by atoms with Gasteiger partial charge in [0.2, 0.25) is 10.0 Å². The van der Waals surface area contributed by atoms with Crippen LogP contribution in [0.3, 0.4) is 0 Å². The lowest BCUT2D eigenvalue weighted by Gasteiger charge is -2.33. The van der Waals surface area contributed by atoms with Gasteiger partial charge in [0.1, 0.15) is 11.9 Å². The van der Waals surface area contributed by atoms with Crippen LogP contribution in [0.5, 0.6) is 0 Å². The molecule has 0 aliphatic carbocycles. The summed E-state index contributed by atoms with van der Waals surface area (Å²) in [5.74, 6) is 0.617. The Hall–Kier alpha value is -1.70. The molecule has 0 radical (unpaired) electrons. The molecule has 0 amide bonds. The van der Waals surface area contributed by atoms with Gasteiger partial charge >= 0.3 is 0 Å². The molecular formula is C14H17N3O3S. The first-order valence-electron chi connectivity index (χ1n) is 6.75. The van der Waals surface area contributed by atoms with Crippen LogP contribution in [0, 0.1) is 6.92 Å². The first kappa shape index (κ1) is 14.2. The number of nitrogens with one attached hydrogen (secondary N) is 1. The van der Waals surface area contributed by atoms with Crippen molar-refractivity contribution in [1.82, 2.24) is 14.3 Å². The summed E-state index contributed by atoms with van der Waals surface area (Å²) in [6, 6.07) is 8.03. The van der Waals surface area contributed by atoms with E-state index in [1.807, 2.05) is 6.92 Å². The highest BCUT2D eigenvalue weighted by Crippen LogP contribution is 2.28. The minimum atomic E-state index is -3.56. The highest BCUT2D eigenvalue weighted by molar-refractivity contribution is 7.89. The van der Waals surface area contributed by atoms with Gasteiger partial charge in [0.15, 0.2) is 0 Å². The van der Waals surface area contributed by atoms with Crippen LogP contribution in [0.1, 0.15) is 17.6 Å². The minimum absolute atomic E-state index is 0.292. The Morgan fingerprint density at radius 2 is 2.10 bits per heavy atom. The van der Waals surface area contributed by atoms with E-state index >= 15 is 0 Å². The van der Waals surface area contributed by atoms with E-state index in [-0.39, 0.29) is 0 Å². The molecule has 1 saturated heterocycles. The number of ether oxygens (including phenoxy) is 1. The molecule has 3 rings (SSSR count). The zero-order valence-corrected chi connectivity index (χ0v) is 12.5. The third-order valence-corrected chi connectivity index (χ3v) is 5.39. The van der Waals surface area contributed by atoms with E-state index in [1.54, 1.807) is 36.5 Å². The number of aryl methyl sites for hydroxylation is 1. The van der Waals surface area contributed by atoms with E-state index < -0.39 is 16.1 Å². The second kappa shape index (κ2) is 5.59. The molecule has 1 fully saturated rings. The van der Waals surface area contributed by atoms with E-state index in [1.165, 1.54) is 4.31 Å². The fourth-order valence-corrected chi connectivity index (χ4v) is 4.00. The molecule has 7 heteroatoms. The first-order valence-corrected chi connectivity index (χ1v) is 8.19. The van der Waals surface area contributed by atoms with E-state index in [9.17, 15) is 8.42 Å². The van der Waals surface area contributed by atoms with Crippen molar-refractivity contribution < 1.29 is 13.2 Å². The summed E-state index contributed by atoms with van der Waals surface area (Å²) in [6.07, 6.45) is 1.69. The van der Waals surface area contributed by atoms with Crippen LogP contribution in [0.25, 0.3) is 0 Å². The maximum Gasteiger partial charge on any atom is 0.243 e. The highest BCUT2D eigenvalue weighted by atomic mass is 32.2. The summed E-state index contributed by atoms with van der Waals surface area (Å²) in [7, 11) is -3.56. The zero-order valence-electron chi connectivity index (χ0n) is 11.7. The van der Waals surface area contributed by atoms with Crippen LogP contribution in [0.2, 0.25) is 0 Å². The molecule has 21 heavy (non-hydrogen) atoms. The van der Waals surface area contributed by atoms with E-state index in [0.717, 1.165) is 5.69 Å². The van der Waals surface area contributed by atoms with Crippen LogP contribution >= 0.6 is 0 Å². The molecule has 1 N–H and O–H groups in total. The summed E-state index contributed by atoms with van der Waals surface area (Å²) < 4.78 is 32.5. The third-order valence-electron chi connectivity index (χ3n) is 3.47. The summed E-state index contributed by atoms with van der Waals surface area (Å²) in [6.45, 7) is 2.90. The Kier molecular flexibility index (Phi) is 3.79. The maximum atomic E-state index is 12.8. The molecule has 1 aromatic carbocycles. The predicted molar refractivity (Wildman–Crippen MR) is 77.2 cm³/mol. The van der Waals surface area contributed by atoms with Crippen molar-refractivity contribution in [3.05, 3.63) is 48.0 Å². The Morgan fingerprint density at radius 1 is 1.33 bits per heavy atom. The highest BCUT2D eigenvalue weighted by Gasteiger charge is 2.36. The Bertz CT molecular complexity index is 712. The predicted octanol–water partition coefficient (Wildman–Crippen LogP) is 1.48. The lowest BCUT2D eigenvalue weighted by molar-refractivity contribution is 0.0292. The molecular weight excluding hydrogens is 290 g/mol. The number of aromatic amines is 1. The smallest absolute Gasteiger partial charge is 0.243 e. The Balaban J connectivity index is 1.98. The van der Waals surface area contributed by atoms with Crippen molar-refractivity contribution in [1.29, 1.82) is 0 Å². The van der Waals surface area contributed by atoms with Crippen molar-refractivity contribution >= 4 is 10.0 Å². The number of nitrogens with zero attached hydrogens (tertiary/aromatic N) is 2. The van der Waals surface area contributed by atoms with Gasteiger partial charge in [-0.1, -0.05) is 18.2 Å². The standard InChI is InChI=1S/C14H17N3O3S/c1-11-9-15-14(16-11)13-10-20-8-7-17(13)21(18,19)12-5-3-2-4-6-12/h2-6,9,13H,7-8,10H2,1H3,(H,15,16)/t13-/m0/s1. The van der Waals surface area contributed by atoms with Crippen molar-refractivity contribution in [3.63, 3.8) is 0 Å². The van der Waals surface area contributed by atoms with Gasteiger partial charge in [-0.15, -0.1) is 0 Å². The van der Waals surface area contributed by atoms with E-state index in [2.05, 4.69) is 9.97 Å². The topological polar surface area (TPSA) is 75.3 Å². The minimum Gasteiger partial charge on any atom is -0.378 e. The molecule has 0 saturated carbocycles. The van der Waals surface area contributed by atoms with Crippen molar-refractivity contribution in [2.24, 2.45) is 0 Å². The molecule has 1 atom stereocenters. The number of sulfonamides is 1. The summed E-state index contributed by atoms with van der Waals surface area (Å²) in [5, 5.41) is 0. The number of rotatable bonds is 3. The number of hydrogen-bond donors (Lipinski definition) is 1. The first-order chi connectivity index (χ1) is 10.1. The average Bonchev–Trinajstić information content (AvgIpc) is 2.95. The molecule has 2 aromatic rings. The van der Waals surface area contributed by atoms with Gasteiger partial charge < -0.3 is 9.72 Å². The summed E-state index contributed by atoms with van der Waals surface area (Å²) >= 11 is 0. The van der Waals surface area contributed by atoms with Crippen LogP contribution in [-0.4, -0.2) is 42.4 Å². The van der Waals surface area contributed by atoms with Crippen molar-refractivity contribution in [2.45, 2.75) is 17.9 Å². The van der Waals surface area contributed by atoms with Gasteiger partial charge in [-0.3, -0.25) is 0 Å². The quantitative estimate of drug-likeness (QED) is 0.932. The van der Waals surface area contributed by atoms with Crippen LogP contribution in [-0.2, 0) is 14.8 Å². The van der Waals surface area contributed by atoms with Crippen molar-refractivity contribution in [2.75, 3.05) is 19.8 Å². The molecule has 1 aliphatic heterocycles. The molecule has 0 bridgehead atoms. The Morgan fingerprint density at radius 3 is 2.76 bits per heavy atom. The summed E-state index contributed by atoms with van der Waals surface area (Å²) in [5.41, 5.74) is 0.896. The monoisotopic (exact) mass is 307 g/mol. The molecule has 6 nitrogen and oxygen atoms in total. The SMILES string of the molecule is Cc1cnc([C@@H]2COCCN2S(=O)(=O)c2ccccc2)[nH]1. The summed E-state index contributed by atoms with van der Waals surface area (Å²) in [4.78, 5) is 7.65. The maximum absolute atomic E-state index is 12.8. The van der Waals surface area contributed by atoms with Gasteiger partial charge in [0.25, 0.3) is 0 Å². The van der Waals surface area contributed by atoms with E-state index in [0.29, 0.717) is 30.5 Å². The lowest BCUT2D eigenvalue weighted by Crippen LogP contribution is -2.43. The molecule has 112 valence electrons. The largest absolute Gasteiger partial charge is 0.378 e. The van der Waals surface area contributed by atoms with Gasteiger partial charge in [0.05, 0.1) is 18.1 Å². The van der Waals surface area contributed by atoms with Gasteiger partial charge in [-0.05, 0) is 19.1 Å². The van der Waals surface area contributed by atoms with Gasteiger partial charge in [-0.25, -0.2) is 13.4 Å². The number of morpholine rings is 1. The fourth-order valence-electron chi connectivity index (χ4n) is 2.42. The number of aromatic nitrogens is 2. The molecule has 2 heterocycles. The van der Waals surface area contributed by atoms with Gasteiger partial charge in [0, 0.05) is 18.4 Å². The second-order valence-corrected chi connectivity index (χ2v) is 6.86. The molecule has 1 aliphatic rings. The Labute approximate surface area is 123 Å².